The van der Waals surface area contributed by atoms with Gasteiger partial charge < -0.3 is 4.84 Å². The Balaban J connectivity index is 2.19. The summed E-state index contributed by atoms with van der Waals surface area (Å²) < 4.78 is 29.4. The van der Waals surface area contributed by atoms with Gasteiger partial charge in [-0.05, 0) is 25.3 Å². The molecule has 0 saturated carbocycles. The lowest BCUT2D eigenvalue weighted by Gasteiger charge is -2.02. The molecule has 0 aromatic heterocycles. The molecule has 0 radical (unpaired) electrons. The van der Waals surface area contributed by atoms with Crippen LogP contribution in [0.4, 0.5) is 0 Å². The molecule has 0 atom stereocenters. The quantitative estimate of drug-likeness (QED) is 0.344. The van der Waals surface area contributed by atoms with E-state index in [1.54, 1.807) is 0 Å². The van der Waals surface area contributed by atoms with Crippen molar-refractivity contribution in [2.45, 2.75) is 26.2 Å². The van der Waals surface area contributed by atoms with E-state index in [2.05, 4.69) is 17.3 Å². The van der Waals surface area contributed by atoms with E-state index in [9.17, 15) is 8.42 Å². The molecule has 6 heteroatoms. The van der Waals surface area contributed by atoms with Crippen LogP contribution in [0.1, 0.15) is 25.3 Å². The molecule has 1 aromatic carbocycles. The van der Waals surface area contributed by atoms with E-state index in [1.807, 2.05) is 25.1 Å². The fourth-order valence-corrected chi connectivity index (χ4v) is 1.96. The van der Waals surface area contributed by atoms with E-state index in [0.29, 0.717) is 0 Å². The largest absolute Gasteiger partial charge is 0.396 e. The molecule has 1 rings (SSSR count). The molecular weight excluding hydrogens is 266 g/mol. The van der Waals surface area contributed by atoms with Gasteiger partial charge in [0.2, 0.25) is 0 Å². The first-order valence-corrected chi connectivity index (χ1v) is 7.73. The molecular formula is C13H19NO4S. The molecule has 0 heterocycles. The van der Waals surface area contributed by atoms with Crippen molar-refractivity contribution in [1.82, 2.24) is 0 Å². The summed E-state index contributed by atoms with van der Waals surface area (Å²) in [5, 5.41) is 3.90. The van der Waals surface area contributed by atoms with E-state index < -0.39 is 10.1 Å². The minimum atomic E-state index is -3.90. The summed E-state index contributed by atoms with van der Waals surface area (Å²) in [5.74, 6) is -0.300. The first-order valence-electron chi connectivity index (χ1n) is 6.12. The highest BCUT2D eigenvalue weighted by molar-refractivity contribution is 7.85. The van der Waals surface area contributed by atoms with Crippen LogP contribution in [0.3, 0.4) is 0 Å². The second kappa shape index (κ2) is 7.91. The van der Waals surface area contributed by atoms with Gasteiger partial charge in [-0.25, -0.2) is 0 Å². The Morgan fingerprint density at radius 2 is 2.00 bits per heavy atom. The highest BCUT2D eigenvalue weighted by atomic mass is 32.2. The number of benzene rings is 1. The second-order valence-electron chi connectivity index (χ2n) is 4.28. The summed E-state index contributed by atoms with van der Waals surface area (Å²) in [5.41, 5.74) is 2.10. The van der Waals surface area contributed by atoms with Crippen molar-refractivity contribution < 1.29 is 17.8 Å². The number of oxime groups is 1. The molecule has 0 amide bonds. The van der Waals surface area contributed by atoms with E-state index in [4.69, 9.17) is 9.39 Å². The Morgan fingerprint density at radius 3 is 2.63 bits per heavy atom. The topological polar surface area (TPSA) is 76.0 Å². The van der Waals surface area contributed by atoms with Crippen LogP contribution in [0, 0.1) is 0 Å². The summed E-state index contributed by atoms with van der Waals surface area (Å²) in [7, 11) is -3.90. The number of hydrogen-bond acceptors (Lipinski definition) is 4. The molecule has 0 fully saturated rings. The average Bonchev–Trinajstić information content (AvgIpc) is 2.36. The average molecular weight is 285 g/mol. The lowest BCUT2D eigenvalue weighted by Crippen LogP contribution is -2.06. The van der Waals surface area contributed by atoms with Gasteiger partial charge in [0.25, 0.3) is 10.1 Å². The first kappa shape index (κ1) is 15.7. The van der Waals surface area contributed by atoms with Gasteiger partial charge >= 0.3 is 0 Å². The third-order valence-electron chi connectivity index (χ3n) is 2.48. The Kier molecular flexibility index (Phi) is 6.52. The van der Waals surface area contributed by atoms with E-state index in [-0.39, 0.29) is 18.8 Å². The van der Waals surface area contributed by atoms with Crippen molar-refractivity contribution in [3.8, 4) is 0 Å². The SMILES string of the molecule is C/C(CCc1ccccc1)=N\OCCCS(=O)(=O)O. The smallest absolute Gasteiger partial charge is 0.264 e. The van der Waals surface area contributed by atoms with E-state index in [1.165, 1.54) is 5.56 Å². The monoisotopic (exact) mass is 285 g/mol. The standard InChI is InChI=1S/C13H19NO4S/c1-12(8-9-13-6-3-2-4-7-13)14-18-10-5-11-19(15,16)17/h2-4,6-7H,5,8-11H2,1H3,(H,15,16,17)/b14-12+. The van der Waals surface area contributed by atoms with Crippen LogP contribution in [0.25, 0.3) is 0 Å². The van der Waals surface area contributed by atoms with Gasteiger partial charge in [-0.3, -0.25) is 4.55 Å². The molecule has 0 spiro atoms. The Hall–Kier alpha value is -1.40. The van der Waals surface area contributed by atoms with Gasteiger partial charge in [0.05, 0.1) is 11.5 Å². The van der Waals surface area contributed by atoms with Crippen LogP contribution in [0.2, 0.25) is 0 Å². The molecule has 0 aliphatic rings. The van der Waals surface area contributed by atoms with Gasteiger partial charge in [0.1, 0.15) is 6.61 Å². The molecule has 0 aliphatic carbocycles. The van der Waals surface area contributed by atoms with Gasteiger partial charge in [0.15, 0.2) is 0 Å². The van der Waals surface area contributed by atoms with Crippen molar-refractivity contribution in [3.63, 3.8) is 0 Å². The van der Waals surface area contributed by atoms with Crippen LogP contribution in [-0.2, 0) is 21.4 Å². The third-order valence-corrected chi connectivity index (χ3v) is 3.28. The number of hydrogen-bond donors (Lipinski definition) is 1. The maximum Gasteiger partial charge on any atom is 0.264 e. The van der Waals surface area contributed by atoms with Gasteiger partial charge in [-0.15, -0.1) is 0 Å². The molecule has 0 saturated heterocycles. The van der Waals surface area contributed by atoms with Crippen LogP contribution < -0.4 is 0 Å². The summed E-state index contributed by atoms with van der Waals surface area (Å²) >= 11 is 0. The minimum absolute atomic E-state index is 0.183. The fraction of sp³-hybridized carbons (Fsp3) is 0.462. The van der Waals surface area contributed by atoms with Crippen molar-refractivity contribution in [2.75, 3.05) is 12.4 Å². The molecule has 0 unspecified atom stereocenters. The minimum Gasteiger partial charge on any atom is -0.396 e. The van der Waals surface area contributed by atoms with Crippen molar-refractivity contribution >= 4 is 15.8 Å². The predicted molar refractivity (Wildman–Crippen MR) is 74.9 cm³/mol. The molecule has 1 aromatic rings. The fourth-order valence-electron chi connectivity index (χ4n) is 1.48. The van der Waals surface area contributed by atoms with Gasteiger partial charge in [-0.2, -0.15) is 8.42 Å². The zero-order valence-corrected chi connectivity index (χ0v) is 11.8. The summed E-state index contributed by atoms with van der Waals surface area (Å²) in [6.45, 7) is 2.05. The predicted octanol–water partition coefficient (Wildman–Crippen LogP) is 2.29. The number of rotatable bonds is 8. The highest BCUT2D eigenvalue weighted by Crippen LogP contribution is 2.03. The zero-order chi connectivity index (χ0) is 14.1. The lowest BCUT2D eigenvalue weighted by atomic mass is 10.1. The lowest BCUT2D eigenvalue weighted by molar-refractivity contribution is 0.144. The van der Waals surface area contributed by atoms with Gasteiger partial charge in [-0.1, -0.05) is 35.5 Å². The third kappa shape index (κ3) is 8.34. The van der Waals surface area contributed by atoms with Crippen LogP contribution in [-0.4, -0.2) is 31.0 Å². The number of nitrogens with zero attached hydrogens (tertiary/aromatic N) is 1. The summed E-state index contributed by atoms with van der Waals surface area (Å²) in [4.78, 5) is 4.99. The van der Waals surface area contributed by atoms with E-state index in [0.717, 1.165) is 18.6 Å². The van der Waals surface area contributed by atoms with Crippen LogP contribution in [0.5, 0.6) is 0 Å². The van der Waals surface area contributed by atoms with Crippen molar-refractivity contribution in [1.29, 1.82) is 0 Å². The molecule has 19 heavy (non-hydrogen) atoms. The second-order valence-corrected chi connectivity index (χ2v) is 5.86. The van der Waals surface area contributed by atoms with Gasteiger partial charge in [0, 0.05) is 6.42 Å². The molecule has 1 N–H and O–H groups in total. The Morgan fingerprint density at radius 1 is 1.32 bits per heavy atom. The summed E-state index contributed by atoms with van der Waals surface area (Å²) in [6, 6.07) is 10.1. The zero-order valence-electron chi connectivity index (χ0n) is 10.9. The normalized spacial score (nSPS) is 12.4. The highest BCUT2D eigenvalue weighted by Gasteiger charge is 2.03. The van der Waals surface area contributed by atoms with Crippen LogP contribution >= 0.6 is 0 Å². The van der Waals surface area contributed by atoms with Crippen LogP contribution in [0.15, 0.2) is 35.5 Å². The first-order chi connectivity index (χ1) is 8.97. The molecule has 106 valence electrons. The molecule has 5 nitrogen and oxygen atoms in total. The van der Waals surface area contributed by atoms with Crippen molar-refractivity contribution in [3.05, 3.63) is 35.9 Å². The van der Waals surface area contributed by atoms with Crippen molar-refractivity contribution in [2.24, 2.45) is 5.16 Å². The molecule has 0 bridgehead atoms. The Bertz CT molecular complexity index is 497. The van der Waals surface area contributed by atoms with E-state index >= 15 is 0 Å². The summed E-state index contributed by atoms with van der Waals surface area (Å²) in [6.07, 6.45) is 1.92. The molecule has 0 aliphatic heterocycles. The Labute approximate surface area is 114 Å². The maximum atomic E-state index is 10.5. The number of aryl methyl sites for hydroxylation is 1. The maximum absolute atomic E-state index is 10.5.